The van der Waals surface area contributed by atoms with E-state index in [1.165, 1.54) is 0 Å². The van der Waals surface area contributed by atoms with Crippen LogP contribution in [0, 0.1) is 0 Å². The van der Waals surface area contributed by atoms with Gasteiger partial charge in [-0.05, 0) is 52.6 Å². The van der Waals surface area contributed by atoms with Gasteiger partial charge in [0.05, 0.1) is 18.8 Å². The number of ether oxygens (including phenoxy) is 1. The van der Waals surface area contributed by atoms with Gasteiger partial charge in [-0.1, -0.05) is 12.1 Å². The molecule has 158 valence electrons. The first-order valence-corrected chi connectivity index (χ1v) is 10.2. The van der Waals surface area contributed by atoms with Gasteiger partial charge in [-0.3, -0.25) is 9.89 Å². The fraction of sp³-hybridized carbons (Fsp3) is 0.667. The van der Waals surface area contributed by atoms with E-state index in [9.17, 15) is 5.11 Å². The third kappa shape index (κ3) is 7.30. The van der Waals surface area contributed by atoms with E-state index in [0.717, 1.165) is 50.0 Å². The Morgan fingerprint density at radius 2 is 2.07 bits per heavy atom. The maximum absolute atomic E-state index is 10.6. The van der Waals surface area contributed by atoms with Crippen LogP contribution in [-0.2, 0) is 0 Å². The predicted octanol–water partition coefficient (Wildman–Crippen LogP) is 1.31. The molecular weight excluding hydrogens is 354 g/mol. The molecule has 0 amide bonds. The van der Waals surface area contributed by atoms with Crippen LogP contribution >= 0.6 is 0 Å². The number of guanidine groups is 1. The predicted molar refractivity (Wildman–Crippen MR) is 115 cm³/mol. The molecule has 28 heavy (non-hydrogen) atoms. The summed E-state index contributed by atoms with van der Waals surface area (Å²) < 4.78 is 5.71. The van der Waals surface area contributed by atoms with Gasteiger partial charge >= 0.3 is 0 Å². The number of nitrogens with one attached hydrogen (secondary N) is 2. The van der Waals surface area contributed by atoms with E-state index in [4.69, 9.17) is 4.74 Å². The van der Waals surface area contributed by atoms with Gasteiger partial charge in [0.1, 0.15) is 5.75 Å². The summed E-state index contributed by atoms with van der Waals surface area (Å²) in [5.74, 6) is 1.50. The summed E-state index contributed by atoms with van der Waals surface area (Å²) in [6.45, 7) is 11.1. The maximum atomic E-state index is 10.6. The van der Waals surface area contributed by atoms with Gasteiger partial charge < -0.3 is 25.4 Å². The molecule has 2 unspecified atom stereocenters. The second-order valence-electron chi connectivity index (χ2n) is 7.75. The zero-order chi connectivity index (χ0) is 20.5. The standard InChI is InChI=1S/C21H37N5O2/c1-6-22-21(23-13-18-15-25(4)10-11-26(18)5)24-14-20(27)17-8-7-9-19(12-17)28-16(2)3/h7-9,12,16,18,20,27H,6,10-11,13-15H2,1-5H3,(H2,22,23,24). The van der Waals surface area contributed by atoms with Gasteiger partial charge in [-0.2, -0.15) is 0 Å². The van der Waals surface area contributed by atoms with Crippen molar-refractivity contribution in [3.8, 4) is 5.75 Å². The van der Waals surface area contributed by atoms with Crippen LogP contribution in [0.25, 0.3) is 0 Å². The van der Waals surface area contributed by atoms with Crippen LogP contribution in [-0.4, -0.2) is 86.4 Å². The van der Waals surface area contributed by atoms with E-state index in [2.05, 4.69) is 39.5 Å². The molecule has 0 saturated carbocycles. The molecular formula is C21H37N5O2. The highest BCUT2D eigenvalue weighted by Gasteiger charge is 2.22. The van der Waals surface area contributed by atoms with E-state index in [1.54, 1.807) is 0 Å². The summed E-state index contributed by atoms with van der Waals surface area (Å²) in [4.78, 5) is 9.31. The van der Waals surface area contributed by atoms with Gasteiger partial charge in [0.25, 0.3) is 0 Å². The normalized spacial score (nSPS) is 20.2. The Morgan fingerprint density at radius 3 is 2.79 bits per heavy atom. The molecule has 0 spiro atoms. The van der Waals surface area contributed by atoms with Crippen LogP contribution in [0.5, 0.6) is 5.75 Å². The number of likely N-dealkylation sites (N-methyl/N-ethyl adjacent to an activating group) is 2. The van der Waals surface area contributed by atoms with E-state index in [1.807, 2.05) is 45.0 Å². The Hall–Kier alpha value is -1.83. The lowest BCUT2D eigenvalue weighted by Gasteiger charge is -2.37. The highest BCUT2D eigenvalue weighted by molar-refractivity contribution is 5.79. The minimum atomic E-state index is -0.672. The number of hydrogen-bond acceptors (Lipinski definition) is 5. The molecule has 1 fully saturated rings. The molecule has 0 aliphatic carbocycles. The second-order valence-corrected chi connectivity index (χ2v) is 7.75. The van der Waals surface area contributed by atoms with Gasteiger partial charge in [0.15, 0.2) is 5.96 Å². The topological polar surface area (TPSA) is 72.4 Å². The van der Waals surface area contributed by atoms with Crippen molar-refractivity contribution in [1.29, 1.82) is 0 Å². The van der Waals surface area contributed by atoms with Crippen molar-refractivity contribution in [3.63, 3.8) is 0 Å². The van der Waals surface area contributed by atoms with Crippen LogP contribution < -0.4 is 15.4 Å². The van der Waals surface area contributed by atoms with Crippen LogP contribution in [0.2, 0.25) is 0 Å². The number of piperazine rings is 1. The summed E-state index contributed by atoms with van der Waals surface area (Å²) >= 11 is 0. The molecule has 0 radical (unpaired) electrons. The first-order valence-electron chi connectivity index (χ1n) is 10.2. The van der Waals surface area contributed by atoms with E-state index in [-0.39, 0.29) is 6.10 Å². The molecule has 0 aromatic heterocycles. The van der Waals surface area contributed by atoms with Crippen LogP contribution in [0.15, 0.2) is 29.3 Å². The first-order chi connectivity index (χ1) is 13.4. The molecule has 7 heteroatoms. The number of hydrogen-bond donors (Lipinski definition) is 3. The fourth-order valence-corrected chi connectivity index (χ4v) is 3.23. The van der Waals surface area contributed by atoms with Crippen LogP contribution in [0.3, 0.4) is 0 Å². The molecule has 1 aliphatic rings. The molecule has 1 heterocycles. The van der Waals surface area contributed by atoms with Gasteiger partial charge in [-0.15, -0.1) is 0 Å². The molecule has 2 rings (SSSR count). The summed E-state index contributed by atoms with van der Waals surface area (Å²) in [5, 5.41) is 17.2. The Balaban J connectivity index is 1.93. The smallest absolute Gasteiger partial charge is 0.191 e. The zero-order valence-electron chi connectivity index (χ0n) is 18.0. The molecule has 2 atom stereocenters. The number of rotatable bonds is 8. The van der Waals surface area contributed by atoms with E-state index < -0.39 is 6.10 Å². The Labute approximate surface area is 169 Å². The Morgan fingerprint density at radius 1 is 1.29 bits per heavy atom. The molecule has 3 N–H and O–H groups in total. The fourth-order valence-electron chi connectivity index (χ4n) is 3.23. The lowest BCUT2D eigenvalue weighted by atomic mass is 10.1. The van der Waals surface area contributed by atoms with Crippen LogP contribution in [0.4, 0.5) is 0 Å². The molecule has 7 nitrogen and oxygen atoms in total. The molecule has 1 aromatic rings. The number of benzene rings is 1. The van der Waals surface area contributed by atoms with Gasteiger partial charge in [0, 0.05) is 38.8 Å². The summed E-state index contributed by atoms with van der Waals surface area (Å²) in [5.41, 5.74) is 0.811. The monoisotopic (exact) mass is 391 g/mol. The van der Waals surface area contributed by atoms with Crippen molar-refractivity contribution in [2.75, 3.05) is 53.4 Å². The van der Waals surface area contributed by atoms with Gasteiger partial charge in [-0.25, -0.2) is 0 Å². The Bertz CT molecular complexity index is 623. The summed E-state index contributed by atoms with van der Waals surface area (Å²) in [6, 6.07) is 8.03. The minimum absolute atomic E-state index is 0.104. The van der Waals surface area contributed by atoms with Crippen LogP contribution in [0.1, 0.15) is 32.4 Å². The minimum Gasteiger partial charge on any atom is -0.491 e. The third-order valence-corrected chi connectivity index (χ3v) is 4.87. The summed E-state index contributed by atoms with van der Waals surface area (Å²) in [7, 11) is 4.33. The second kappa shape index (κ2) is 11.2. The van der Waals surface area contributed by atoms with Crippen molar-refractivity contribution in [2.24, 2.45) is 4.99 Å². The van der Waals surface area contributed by atoms with Crippen molar-refractivity contribution in [2.45, 2.75) is 39.0 Å². The maximum Gasteiger partial charge on any atom is 0.191 e. The Kier molecular flexibility index (Phi) is 9.02. The lowest BCUT2D eigenvalue weighted by Crippen LogP contribution is -2.55. The van der Waals surface area contributed by atoms with Crippen molar-refractivity contribution in [1.82, 2.24) is 20.4 Å². The molecule has 0 bridgehead atoms. The van der Waals surface area contributed by atoms with E-state index >= 15 is 0 Å². The average molecular weight is 392 g/mol. The number of aliphatic hydroxyl groups is 1. The molecule has 1 saturated heterocycles. The quantitative estimate of drug-likeness (QED) is 0.458. The molecule has 1 aromatic carbocycles. The van der Waals surface area contributed by atoms with E-state index in [0.29, 0.717) is 12.6 Å². The number of nitrogens with zero attached hydrogens (tertiary/aromatic N) is 3. The average Bonchev–Trinajstić information content (AvgIpc) is 2.66. The number of aliphatic imine (C=N–C) groups is 1. The largest absolute Gasteiger partial charge is 0.491 e. The SMILES string of the molecule is CCNC(=NCC(O)c1cccc(OC(C)C)c1)NCC1CN(C)CCN1C. The van der Waals surface area contributed by atoms with Crippen molar-refractivity contribution < 1.29 is 9.84 Å². The van der Waals surface area contributed by atoms with Crippen molar-refractivity contribution >= 4 is 5.96 Å². The molecule has 1 aliphatic heterocycles. The highest BCUT2D eigenvalue weighted by atomic mass is 16.5. The zero-order valence-corrected chi connectivity index (χ0v) is 18.0. The first kappa shape index (κ1) is 22.5. The number of aliphatic hydroxyl groups excluding tert-OH is 1. The highest BCUT2D eigenvalue weighted by Crippen LogP contribution is 2.20. The lowest BCUT2D eigenvalue weighted by molar-refractivity contribution is 0.116. The summed E-state index contributed by atoms with van der Waals surface area (Å²) in [6.07, 6.45) is -0.568. The third-order valence-electron chi connectivity index (χ3n) is 4.87. The van der Waals surface area contributed by atoms with Gasteiger partial charge in [0.2, 0.25) is 0 Å². The van der Waals surface area contributed by atoms with Crippen molar-refractivity contribution in [3.05, 3.63) is 29.8 Å².